The van der Waals surface area contributed by atoms with Gasteiger partial charge in [0.2, 0.25) is 0 Å². The van der Waals surface area contributed by atoms with Crippen LogP contribution in [0.5, 0.6) is 0 Å². The number of ether oxygens (including phenoxy) is 2. The Morgan fingerprint density at radius 2 is 2.22 bits per heavy atom. The SMILES string of the molecule is C1CO[C](C2COC2)C1. The van der Waals surface area contributed by atoms with Crippen molar-refractivity contribution in [2.45, 2.75) is 12.8 Å². The van der Waals surface area contributed by atoms with Crippen molar-refractivity contribution < 1.29 is 9.47 Å². The predicted molar refractivity (Wildman–Crippen MR) is 32.7 cm³/mol. The zero-order chi connectivity index (χ0) is 6.10. The van der Waals surface area contributed by atoms with Crippen LogP contribution in [0, 0.1) is 12.0 Å². The summed E-state index contributed by atoms with van der Waals surface area (Å²) in [5.74, 6) is 0.646. The van der Waals surface area contributed by atoms with E-state index in [0.717, 1.165) is 19.8 Å². The Kier molecular flexibility index (Phi) is 1.44. The standard InChI is InChI=1S/C7H11O2/c1-2-7(9-3-1)6-4-8-5-6/h6H,1-5H2. The monoisotopic (exact) mass is 127 g/mol. The molecule has 2 fully saturated rings. The van der Waals surface area contributed by atoms with E-state index in [4.69, 9.17) is 9.47 Å². The Bertz CT molecular complexity index is 93.1. The summed E-state index contributed by atoms with van der Waals surface area (Å²) in [7, 11) is 0. The van der Waals surface area contributed by atoms with E-state index in [1.807, 2.05) is 0 Å². The van der Waals surface area contributed by atoms with Gasteiger partial charge in [-0.3, -0.25) is 0 Å². The Morgan fingerprint density at radius 3 is 2.67 bits per heavy atom. The summed E-state index contributed by atoms with van der Waals surface area (Å²) in [5, 5.41) is 0. The van der Waals surface area contributed by atoms with E-state index in [9.17, 15) is 0 Å². The first-order valence-electron chi connectivity index (χ1n) is 3.53. The molecule has 0 aromatic rings. The summed E-state index contributed by atoms with van der Waals surface area (Å²) >= 11 is 0. The first-order chi connectivity index (χ1) is 4.47. The maximum absolute atomic E-state index is 5.39. The van der Waals surface area contributed by atoms with Crippen LogP contribution in [-0.4, -0.2) is 19.8 Å². The molecule has 2 heteroatoms. The van der Waals surface area contributed by atoms with E-state index in [2.05, 4.69) is 0 Å². The van der Waals surface area contributed by atoms with Crippen molar-refractivity contribution in [3.8, 4) is 0 Å². The van der Waals surface area contributed by atoms with Gasteiger partial charge in [-0.1, -0.05) is 0 Å². The van der Waals surface area contributed by atoms with Gasteiger partial charge in [0.05, 0.1) is 13.2 Å². The zero-order valence-electron chi connectivity index (χ0n) is 5.43. The van der Waals surface area contributed by atoms with Crippen molar-refractivity contribution in [3.05, 3.63) is 6.10 Å². The number of hydrogen-bond donors (Lipinski definition) is 0. The second-order valence-corrected chi connectivity index (χ2v) is 2.65. The highest BCUT2D eigenvalue weighted by Gasteiger charge is 2.32. The Hall–Kier alpha value is -0.0800. The molecule has 0 N–H and O–H groups in total. The normalized spacial score (nSPS) is 30.7. The maximum Gasteiger partial charge on any atom is 0.105 e. The lowest BCUT2D eigenvalue weighted by Crippen LogP contribution is -2.32. The number of hydrogen-bond acceptors (Lipinski definition) is 2. The lowest BCUT2D eigenvalue weighted by atomic mass is 9.99. The Labute approximate surface area is 55.1 Å². The largest absolute Gasteiger partial charge is 0.380 e. The van der Waals surface area contributed by atoms with Gasteiger partial charge in [0.15, 0.2) is 0 Å². The molecule has 0 aliphatic carbocycles. The van der Waals surface area contributed by atoms with E-state index in [-0.39, 0.29) is 0 Å². The minimum absolute atomic E-state index is 0.646. The average Bonchev–Trinajstić information content (AvgIpc) is 2.11. The Balaban J connectivity index is 1.82. The molecule has 0 saturated carbocycles. The molecule has 0 unspecified atom stereocenters. The van der Waals surface area contributed by atoms with Gasteiger partial charge in [-0.05, 0) is 12.8 Å². The van der Waals surface area contributed by atoms with Crippen LogP contribution >= 0.6 is 0 Å². The highest BCUT2D eigenvalue weighted by Crippen LogP contribution is 2.31. The molecule has 2 aliphatic heterocycles. The molecule has 0 amide bonds. The van der Waals surface area contributed by atoms with Gasteiger partial charge in [0, 0.05) is 12.5 Å². The van der Waals surface area contributed by atoms with E-state index in [1.165, 1.54) is 18.9 Å². The molecule has 2 rings (SSSR count). The molecule has 1 radical (unpaired) electrons. The summed E-state index contributed by atoms with van der Waals surface area (Å²) in [6, 6.07) is 0. The van der Waals surface area contributed by atoms with Crippen LogP contribution in [0.3, 0.4) is 0 Å². The molecule has 2 saturated heterocycles. The fourth-order valence-electron chi connectivity index (χ4n) is 1.27. The molecule has 0 bridgehead atoms. The van der Waals surface area contributed by atoms with Crippen molar-refractivity contribution in [1.82, 2.24) is 0 Å². The lowest BCUT2D eigenvalue weighted by molar-refractivity contribution is -0.0576. The summed E-state index contributed by atoms with van der Waals surface area (Å²) < 4.78 is 10.4. The summed E-state index contributed by atoms with van der Waals surface area (Å²) in [5.41, 5.74) is 0. The van der Waals surface area contributed by atoms with Gasteiger partial charge in [0.1, 0.15) is 6.10 Å². The van der Waals surface area contributed by atoms with E-state index < -0.39 is 0 Å². The van der Waals surface area contributed by atoms with Crippen molar-refractivity contribution in [3.63, 3.8) is 0 Å². The molecule has 0 aromatic carbocycles. The van der Waals surface area contributed by atoms with Gasteiger partial charge >= 0.3 is 0 Å². The topological polar surface area (TPSA) is 18.5 Å². The van der Waals surface area contributed by atoms with Crippen LogP contribution < -0.4 is 0 Å². The molecular weight excluding hydrogens is 116 g/mol. The third-order valence-electron chi connectivity index (χ3n) is 1.95. The Morgan fingerprint density at radius 1 is 1.33 bits per heavy atom. The van der Waals surface area contributed by atoms with Crippen LogP contribution in [-0.2, 0) is 9.47 Å². The van der Waals surface area contributed by atoms with Crippen molar-refractivity contribution in [2.24, 2.45) is 5.92 Å². The molecule has 2 heterocycles. The summed E-state index contributed by atoms with van der Waals surface area (Å²) in [4.78, 5) is 0. The average molecular weight is 127 g/mol. The van der Waals surface area contributed by atoms with Crippen molar-refractivity contribution in [2.75, 3.05) is 19.8 Å². The molecule has 0 spiro atoms. The fraction of sp³-hybridized carbons (Fsp3) is 0.857. The second kappa shape index (κ2) is 2.27. The van der Waals surface area contributed by atoms with Gasteiger partial charge in [0.25, 0.3) is 0 Å². The molecule has 2 nitrogen and oxygen atoms in total. The van der Waals surface area contributed by atoms with Crippen molar-refractivity contribution >= 4 is 0 Å². The lowest BCUT2D eigenvalue weighted by Gasteiger charge is -2.29. The molecule has 9 heavy (non-hydrogen) atoms. The molecule has 0 atom stereocenters. The van der Waals surface area contributed by atoms with Crippen LogP contribution in [0.15, 0.2) is 0 Å². The quantitative estimate of drug-likeness (QED) is 0.522. The minimum atomic E-state index is 0.646. The first-order valence-corrected chi connectivity index (χ1v) is 3.53. The molecule has 51 valence electrons. The van der Waals surface area contributed by atoms with Gasteiger partial charge in [-0.2, -0.15) is 0 Å². The smallest absolute Gasteiger partial charge is 0.105 e. The fourth-order valence-corrected chi connectivity index (χ4v) is 1.27. The highest BCUT2D eigenvalue weighted by molar-refractivity contribution is 4.93. The highest BCUT2D eigenvalue weighted by atomic mass is 16.5. The maximum atomic E-state index is 5.39. The zero-order valence-corrected chi connectivity index (χ0v) is 5.43. The van der Waals surface area contributed by atoms with Crippen LogP contribution in [0.2, 0.25) is 0 Å². The summed E-state index contributed by atoms with van der Waals surface area (Å²) in [6.45, 7) is 2.73. The molecule has 0 aromatic heterocycles. The van der Waals surface area contributed by atoms with Crippen molar-refractivity contribution in [1.29, 1.82) is 0 Å². The third-order valence-corrected chi connectivity index (χ3v) is 1.95. The van der Waals surface area contributed by atoms with E-state index >= 15 is 0 Å². The van der Waals surface area contributed by atoms with Crippen LogP contribution in [0.4, 0.5) is 0 Å². The second-order valence-electron chi connectivity index (χ2n) is 2.65. The van der Waals surface area contributed by atoms with Gasteiger partial charge in [-0.25, -0.2) is 0 Å². The summed E-state index contributed by atoms with van der Waals surface area (Å²) in [6.07, 6.45) is 3.68. The van der Waals surface area contributed by atoms with Gasteiger partial charge in [-0.15, -0.1) is 0 Å². The van der Waals surface area contributed by atoms with Crippen LogP contribution in [0.1, 0.15) is 12.8 Å². The van der Waals surface area contributed by atoms with E-state index in [0.29, 0.717) is 5.92 Å². The first kappa shape index (κ1) is 5.69. The molecule has 2 aliphatic rings. The van der Waals surface area contributed by atoms with Gasteiger partial charge < -0.3 is 9.47 Å². The minimum Gasteiger partial charge on any atom is -0.380 e. The van der Waals surface area contributed by atoms with Crippen LogP contribution in [0.25, 0.3) is 0 Å². The predicted octanol–water partition coefficient (Wildman–Crippen LogP) is 0.975. The third kappa shape index (κ3) is 0.970. The van der Waals surface area contributed by atoms with E-state index in [1.54, 1.807) is 0 Å². The molecular formula is C7H11O2. The number of rotatable bonds is 1.